The molecule has 1 unspecified atom stereocenters. The maximum Gasteiger partial charge on any atom is 0.247 e. The predicted molar refractivity (Wildman–Crippen MR) is 75.2 cm³/mol. The molecule has 5 heteroatoms. The number of nitrogens with one attached hydrogen (secondary N) is 1. The average molecular weight is 274 g/mol. The van der Waals surface area contributed by atoms with Crippen LogP contribution in [-0.4, -0.2) is 45.8 Å². The third kappa shape index (κ3) is 1.59. The minimum Gasteiger partial charge on any atom is -0.334 e. The number of nitrogens with zero attached hydrogens (tertiary/aromatic N) is 3. The number of aryl methyl sites for hydroxylation is 1. The summed E-state index contributed by atoms with van der Waals surface area (Å²) in [5.74, 6) is 1.63. The van der Waals surface area contributed by atoms with Gasteiger partial charge in [-0.15, -0.1) is 0 Å². The second kappa shape index (κ2) is 4.32. The highest BCUT2D eigenvalue weighted by Gasteiger charge is 2.56. The second-order valence-corrected chi connectivity index (χ2v) is 6.62. The van der Waals surface area contributed by atoms with Gasteiger partial charge in [0, 0.05) is 31.4 Å². The van der Waals surface area contributed by atoms with Crippen molar-refractivity contribution in [2.45, 2.75) is 44.8 Å². The smallest absolute Gasteiger partial charge is 0.247 e. The molecule has 1 amide bonds. The molecule has 4 heterocycles. The van der Waals surface area contributed by atoms with E-state index in [0.717, 1.165) is 18.7 Å². The van der Waals surface area contributed by atoms with E-state index in [4.69, 9.17) is 0 Å². The van der Waals surface area contributed by atoms with E-state index in [-0.39, 0.29) is 11.9 Å². The molecule has 0 aliphatic carbocycles. The van der Waals surface area contributed by atoms with E-state index in [1.165, 1.54) is 12.8 Å². The molecule has 108 valence electrons. The van der Waals surface area contributed by atoms with Crippen molar-refractivity contribution in [1.29, 1.82) is 0 Å². The Morgan fingerprint density at radius 3 is 2.55 bits per heavy atom. The predicted octanol–water partition coefficient (Wildman–Crippen LogP) is 0.961. The van der Waals surface area contributed by atoms with Crippen LogP contribution in [0.1, 0.15) is 31.4 Å². The van der Waals surface area contributed by atoms with Gasteiger partial charge in [0.25, 0.3) is 0 Å². The zero-order valence-electron chi connectivity index (χ0n) is 12.1. The van der Waals surface area contributed by atoms with Crippen molar-refractivity contribution >= 4 is 5.91 Å². The zero-order chi connectivity index (χ0) is 13.9. The Kier molecular flexibility index (Phi) is 2.67. The summed E-state index contributed by atoms with van der Waals surface area (Å²) in [6.07, 6.45) is 6.15. The summed E-state index contributed by atoms with van der Waals surface area (Å²) >= 11 is 0. The van der Waals surface area contributed by atoms with Crippen molar-refractivity contribution in [3.8, 4) is 0 Å². The van der Waals surface area contributed by atoms with Crippen LogP contribution in [0.25, 0.3) is 0 Å². The fourth-order valence-electron chi connectivity index (χ4n) is 4.57. The molecule has 0 radical (unpaired) electrons. The zero-order valence-corrected chi connectivity index (χ0v) is 12.1. The van der Waals surface area contributed by atoms with Gasteiger partial charge in [-0.05, 0) is 44.1 Å². The molecule has 1 aromatic heterocycles. The summed E-state index contributed by atoms with van der Waals surface area (Å²) in [5, 5.41) is 7.80. The van der Waals surface area contributed by atoms with E-state index in [0.29, 0.717) is 23.9 Å². The van der Waals surface area contributed by atoms with E-state index < -0.39 is 0 Å². The highest BCUT2D eigenvalue weighted by atomic mass is 16.2. The van der Waals surface area contributed by atoms with Gasteiger partial charge in [0.1, 0.15) is 6.04 Å². The molecule has 1 N–H and O–H groups in total. The van der Waals surface area contributed by atoms with Gasteiger partial charge >= 0.3 is 0 Å². The first-order valence-electron chi connectivity index (χ1n) is 7.70. The molecule has 0 spiro atoms. The molecule has 3 aliphatic rings. The van der Waals surface area contributed by atoms with Crippen molar-refractivity contribution in [2.75, 3.05) is 13.1 Å². The summed E-state index contributed by atoms with van der Waals surface area (Å²) in [7, 11) is 0. The van der Waals surface area contributed by atoms with Gasteiger partial charge in [-0.3, -0.25) is 9.48 Å². The Bertz CT molecular complexity index is 522. The molecule has 5 nitrogen and oxygen atoms in total. The standard InChI is InChI=1S/C15H22N4O/c1-9-5-17-18(8-9)10(2)15(20)19-13-3-4-14(19)12-7-16-6-11(12)13/h5,8,10-14,16H,3-4,6-7H2,1-2H3/t10?,11-,12+,13-,14+. The van der Waals surface area contributed by atoms with E-state index in [1.807, 2.05) is 30.9 Å². The average Bonchev–Trinajstić information content (AvgIpc) is 3.17. The van der Waals surface area contributed by atoms with Crippen molar-refractivity contribution in [1.82, 2.24) is 20.0 Å². The van der Waals surface area contributed by atoms with Crippen LogP contribution < -0.4 is 5.32 Å². The van der Waals surface area contributed by atoms with Crippen molar-refractivity contribution in [3.05, 3.63) is 18.0 Å². The molecular weight excluding hydrogens is 252 g/mol. The van der Waals surface area contributed by atoms with Gasteiger partial charge in [-0.25, -0.2) is 0 Å². The lowest BCUT2D eigenvalue weighted by Crippen LogP contribution is -2.42. The topological polar surface area (TPSA) is 50.2 Å². The molecule has 5 atom stereocenters. The minimum atomic E-state index is -0.182. The van der Waals surface area contributed by atoms with Crippen LogP contribution in [0.5, 0.6) is 0 Å². The van der Waals surface area contributed by atoms with Crippen LogP contribution in [0.15, 0.2) is 12.4 Å². The fraction of sp³-hybridized carbons (Fsp3) is 0.733. The number of hydrogen-bond donors (Lipinski definition) is 1. The van der Waals surface area contributed by atoms with Crippen LogP contribution in [-0.2, 0) is 4.79 Å². The van der Waals surface area contributed by atoms with E-state index in [1.54, 1.807) is 0 Å². The second-order valence-electron chi connectivity index (χ2n) is 6.62. The highest BCUT2D eigenvalue weighted by molar-refractivity contribution is 5.81. The summed E-state index contributed by atoms with van der Waals surface area (Å²) < 4.78 is 1.81. The van der Waals surface area contributed by atoms with Gasteiger partial charge < -0.3 is 10.2 Å². The van der Waals surface area contributed by atoms with Crippen molar-refractivity contribution in [2.24, 2.45) is 11.8 Å². The lowest BCUT2D eigenvalue weighted by Gasteiger charge is -2.27. The number of amides is 1. The number of fused-ring (bicyclic) bond motifs is 5. The van der Waals surface area contributed by atoms with Crippen LogP contribution >= 0.6 is 0 Å². The molecule has 2 bridgehead atoms. The quantitative estimate of drug-likeness (QED) is 0.874. The van der Waals surface area contributed by atoms with Gasteiger partial charge in [0.2, 0.25) is 5.91 Å². The van der Waals surface area contributed by atoms with E-state index in [2.05, 4.69) is 15.3 Å². The van der Waals surface area contributed by atoms with Crippen LogP contribution in [0.2, 0.25) is 0 Å². The van der Waals surface area contributed by atoms with Gasteiger partial charge in [0.15, 0.2) is 0 Å². The van der Waals surface area contributed by atoms with E-state index >= 15 is 0 Å². The Morgan fingerprint density at radius 2 is 2.00 bits per heavy atom. The first-order valence-corrected chi connectivity index (χ1v) is 7.70. The van der Waals surface area contributed by atoms with E-state index in [9.17, 15) is 4.79 Å². The lowest BCUT2D eigenvalue weighted by atomic mass is 9.82. The Morgan fingerprint density at radius 1 is 1.35 bits per heavy atom. The van der Waals surface area contributed by atoms with Gasteiger partial charge in [-0.2, -0.15) is 5.10 Å². The molecule has 4 rings (SSSR count). The van der Waals surface area contributed by atoms with Crippen molar-refractivity contribution in [3.63, 3.8) is 0 Å². The van der Waals surface area contributed by atoms with Crippen LogP contribution in [0.4, 0.5) is 0 Å². The number of carbonyl (C=O) groups excluding carboxylic acids is 1. The molecule has 3 aliphatic heterocycles. The number of carbonyl (C=O) groups is 1. The highest BCUT2D eigenvalue weighted by Crippen LogP contribution is 2.47. The number of aromatic nitrogens is 2. The fourth-order valence-corrected chi connectivity index (χ4v) is 4.57. The molecule has 3 fully saturated rings. The van der Waals surface area contributed by atoms with Gasteiger partial charge in [0.05, 0.1) is 6.20 Å². The molecule has 0 saturated carbocycles. The molecule has 0 aromatic carbocycles. The van der Waals surface area contributed by atoms with Gasteiger partial charge in [-0.1, -0.05) is 0 Å². The van der Waals surface area contributed by atoms with Crippen LogP contribution in [0.3, 0.4) is 0 Å². The largest absolute Gasteiger partial charge is 0.334 e. The first-order chi connectivity index (χ1) is 9.66. The SMILES string of the molecule is Cc1cnn(C(C)C(=O)N2[C@@H]3CC[C@H]2[C@H]2CNC[C@H]23)c1. The summed E-state index contributed by atoms with van der Waals surface area (Å²) in [6.45, 7) is 6.16. The molecule has 20 heavy (non-hydrogen) atoms. The molecule has 3 saturated heterocycles. The Labute approximate surface area is 119 Å². The molecular formula is C15H22N4O. The maximum absolute atomic E-state index is 12.9. The monoisotopic (exact) mass is 274 g/mol. The lowest BCUT2D eigenvalue weighted by molar-refractivity contribution is -0.136. The summed E-state index contributed by atoms with van der Waals surface area (Å²) in [4.78, 5) is 15.1. The minimum absolute atomic E-state index is 0.182. The summed E-state index contributed by atoms with van der Waals surface area (Å²) in [6, 6.07) is 0.747. The Balaban J connectivity index is 1.57. The summed E-state index contributed by atoms with van der Waals surface area (Å²) in [5.41, 5.74) is 1.11. The maximum atomic E-state index is 12.9. The van der Waals surface area contributed by atoms with Crippen LogP contribution in [0, 0.1) is 18.8 Å². The molecule has 1 aromatic rings. The normalized spacial score (nSPS) is 36.4. The number of rotatable bonds is 2. The Hall–Kier alpha value is -1.36. The number of hydrogen-bond acceptors (Lipinski definition) is 3. The first kappa shape index (κ1) is 12.4. The third-order valence-corrected chi connectivity index (χ3v) is 5.51. The third-order valence-electron chi connectivity index (χ3n) is 5.51. The van der Waals surface area contributed by atoms with Crippen molar-refractivity contribution < 1.29 is 4.79 Å².